The van der Waals surface area contributed by atoms with Crippen LogP contribution in [0.4, 0.5) is 0 Å². The molecule has 1 saturated heterocycles. The standard InChI is InChI=1S/C21H29N3O2S/c1-15(2)26-18-6-4-17(5-7-18)20-23-19(14-27-20)21(25)24-12-9-16(10-13-24)8-11-22-3/h4-7,14-16,22H,8-13H2,1-3H3. The fourth-order valence-electron chi connectivity index (χ4n) is 3.39. The van der Waals surface area contributed by atoms with E-state index in [1.165, 1.54) is 17.8 Å². The van der Waals surface area contributed by atoms with Gasteiger partial charge in [0.2, 0.25) is 0 Å². The normalized spacial score (nSPS) is 15.3. The van der Waals surface area contributed by atoms with E-state index in [9.17, 15) is 4.79 Å². The van der Waals surface area contributed by atoms with Gasteiger partial charge in [-0.2, -0.15) is 0 Å². The maximum Gasteiger partial charge on any atom is 0.273 e. The van der Waals surface area contributed by atoms with Gasteiger partial charge >= 0.3 is 0 Å². The third kappa shape index (κ3) is 5.30. The van der Waals surface area contributed by atoms with Crippen molar-refractivity contribution in [3.8, 4) is 16.3 Å². The minimum Gasteiger partial charge on any atom is -0.491 e. The van der Waals surface area contributed by atoms with Gasteiger partial charge in [0.15, 0.2) is 0 Å². The molecule has 1 aromatic carbocycles. The molecule has 0 unspecified atom stereocenters. The molecular formula is C21H29N3O2S. The molecule has 1 aliphatic rings. The zero-order chi connectivity index (χ0) is 19.2. The minimum absolute atomic E-state index is 0.0596. The first-order valence-electron chi connectivity index (χ1n) is 9.73. The molecule has 0 spiro atoms. The van der Waals surface area contributed by atoms with E-state index in [0.29, 0.717) is 5.69 Å². The van der Waals surface area contributed by atoms with E-state index in [1.807, 2.05) is 55.4 Å². The summed E-state index contributed by atoms with van der Waals surface area (Å²) < 4.78 is 5.68. The number of carbonyl (C=O) groups is 1. The first kappa shape index (κ1) is 19.8. The van der Waals surface area contributed by atoms with Crippen LogP contribution in [0.2, 0.25) is 0 Å². The zero-order valence-electron chi connectivity index (χ0n) is 16.4. The van der Waals surface area contributed by atoms with Crippen LogP contribution in [0.25, 0.3) is 10.6 Å². The Balaban J connectivity index is 1.59. The third-order valence-electron chi connectivity index (χ3n) is 4.90. The van der Waals surface area contributed by atoms with Crippen LogP contribution in [-0.4, -0.2) is 48.6 Å². The van der Waals surface area contributed by atoms with Crippen LogP contribution >= 0.6 is 11.3 Å². The molecule has 0 radical (unpaired) electrons. The van der Waals surface area contributed by atoms with Crippen molar-refractivity contribution in [1.29, 1.82) is 0 Å². The Morgan fingerprint density at radius 1 is 1.30 bits per heavy atom. The van der Waals surface area contributed by atoms with Crippen molar-refractivity contribution in [2.45, 2.75) is 39.2 Å². The Morgan fingerprint density at radius 3 is 2.63 bits per heavy atom. The third-order valence-corrected chi connectivity index (χ3v) is 5.79. The van der Waals surface area contributed by atoms with Gasteiger partial charge in [-0.1, -0.05) is 0 Å². The van der Waals surface area contributed by atoms with Gasteiger partial charge in [0.05, 0.1) is 6.10 Å². The molecule has 2 aromatic rings. The van der Waals surface area contributed by atoms with Crippen molar-refractivity contribution < 1.29 is 9.53 Å². The SMILES string of the molecule is CNCCC1CCN(C(=O)c2csc(-c3ccc(OC(C)C)cc3)n2)CC1. The van der Waals surface area contributed by atoms with Gasteiger partial charge in [0, 0.05) is 24.0 Å². The van der Waals surface area contributed by atoms with Crippen LogP contribution < -0.4 is 10.1 Å². The molecule has 1 N–H and O–H groups in total. The summed E-state index contributed by atoms with van der Waals surface area (Å²) in [5, 5.41) is 5.96. The molecule has 0 atom stereocenters. The Hall–Kier alpha value is -1.92. The average molecular weight is 388 g/mol. The Bertz CT molecular complexity index is 734. The second-order valence-electron chi connectivity index (χ2n) is 7.36. The van der Waals surface area contributed by atoms with E-state index in [-0.39, 0.29) is 12.0 Å². The molecule has 6 heteroatoms. The van der Waals surface area contributed by atoms with Crippen molar-refractivity contribution in [2.75, 3.05) is 26.7 Å². The van der Waals surface area contributed by atoms with Gasteiger partial charge in [0.1, 0.15) is 16.5 Å². The highest BCUT2D eigenvalue weighted by atomic mass is 32.1. The number of carbonyl (C=O) groups excluding carboxylic acids is 1. The molecule has 0 aliphatic carbocycles. The van der Waals surface area contributed by atoms with E-state index < -0.39 is 0 Å². The summed E-state index contributed by atoms with van der Waals surface area (Å²) in [4.78, 5) is 19.3. The molecule has 5 nitrogen and oxygen atoms in total. The first-order valence-corrected chi connectivity index (χ1v) is 10.6. The largest absolute Gasteiger partial charge is 0.491 e. The molecule has 3 rings (SSSR count). The van der Waals surface area contributed by atoms with Crippen molar-refractivity contribution >= 4 is 17.2 Å². The Labute approximate surface area is 165 Å². The number of rotatable bonds is 7. The fourth-order valence-corrected chi connectivity index (χ4v) is 4.19. The van der Waals surface area contributed by atoms with Crippen LogP contribution in [0.3, 0.4) is 0 Å². The summed E-state index contributed by atoms with van der Waals surface area (Å²) in [6.45, 7) is 6.74. The number of amides is 1. The van der Waals surface area contributed by atoms with Crippen LogP contribution in [-0.2, 0) is 0 Å². The van der Waals surface area contributed by atoms with E-state index in [4.69, 9.17) is 4.74 Å². The van der Waals surface area contributed by atoms with Gasteiger partial charge in [0.25, 0.3) is 5.91 Å². The van der Waals surface area contributed by atoms with Crippen molar-refractivity contribution in [3.05, 3.63) is 35.3 Å². The molecule has 146 valence electrons. The molecule has 1 aliphatic heterocycles. The predicted molar refractivity (Wildman–Crippen MR) is 110 cm³/mol. The monoisotopic (exact) mass is 387 g/mol. The van der Waals surface area contributed by atoms with Gasteiger partial charge in [-0.25, -0.2) is 4.98 Å². The summed E-state index contributed by atoms with van der Waals surface area (Å²) in [5.74, 6) is 1.63. The number of benzene rings is 1. The summed E-state index contributed by atoms with van der Waals surface area (Å²) in [7, 11) is 1.99. The predicted octanol–water partition coefficient (Wildman–Crippen LogP) is 4.06. The molecule has 1 fully saturated rings. The second-order valence-corrected chi connectivity index (χ2v) is 8.21. The highest BCUT2D eigenvalue weighted by Crippen LogP contribution is 2.27. The average Bonchev–Trinajstić information content (AvgIpc) is 3.16. The van der Waals surface area contributed by atoms with Gasteiger partial charge < -0.3 is 15.0 Å². The zero-order valence-corrected chi connectivity index (χ0v) is 17.2. The van der Waals surface area contributed by atoms with E-state index >= 15 is 0 Å². The lowest BCUT2D eigenvalue weighted by Gasteiger charge is -2.31. The van der Waals surface area contributed by atoms with E-state index in [1.54, 1.807) is 0 Å². The summed E-state index contributed by atoms with van der Waals surface area (Å²) in [6, 6.07) is 7.90. The Kier molecular flexibility index (Phi) is 6.85. The highest BCUT2D eigenvalue weighted by molar-refractivity contribution is 7.13. The quantitative estimate of drug-likeness (QED) is 0.778. The second kappa shape index (κ2) is 9.33. The van der Waals surface area contributed by atoms with Crippen LogP contribution in [0.15, 0.2) is 29.6 Å². The summed E-state index contributed by atoms with van der Waals surface area (Å²) >= 11 is 1.52. The number of aromatic nitrogens is 1. The molecule has 0 bridgehead atoms. The van der Waals surface area contributed by atoms with Gasteiger partial charge in [-0.15, -0.1) is 11.3 Å². The molecule has 1 aromatic heterocycles. The molecular weight excluding hydrogens is 358 g/mol. The molecule has 0 saturated carbocycles. The molecule has 27 heavy (non-hydrogen) atoms. The van der Waals surface area contributed by atoms with E-state index in [0.717, 1.165) is 54.7 Å². The van der Waals surface area contributed by atoms with E-state index in [2.05, 4.69) is 10.3 Å². The first-order chi connectivity index (χ1) is 13.1. The number of thiazole rings is 1. The van der Waals surface area contributed by atoms with Crippen molar-refractivity contribution in [3.63, 3.8) is 0 Å². The lowest BCUT2D eigenvalue weighted by molar-refractivity contribution is 0.0682. The number of hydrogen-bond acceptors (Lipinski definition) is 5. The number of ether oxygens (including phenoxy) is 1. The number of hydrogen-bond donors (Lipinski definition) is 1. The molecule has 1 amide bonds. The van der Waals surface area contributed by atoms with Gasteiger partial charge in [-0.05, 0) is 76.9 Å². The smallest absolute Gasteiger partial charge is 0.273 e. The van der Waals surface area contributed by atoms with Crippen LogP contribution in [0, 0.1) is 5.92 Å². The lowest BCUT2D eigenvalue weighted by atomic mass is 9.93. The van der Waals surface area contributed by atoms with Crippen LogP contribution in [0.1, 0.15) is 43.6 Å². The minimum atomic E-state index is 0.0596. The lowest BCUT2D eigenvalue weighted by Crippen LogP contribution is -2.39. The number of likely N-dealkylation sites (tertiary alicyclic amines) is 1. The van der Waals surface area contributed by atoms with Crippen LogP contribution in [0.5, 0.6) is 5.75 Å². The number of nitrogens with one attached hydrogen (secondary N) is 1. The summed E-state index contributed by atoms with van der Waals surface area (Å²) in [5.41, 5.74) is 1.58. The van der Waals surface area contributed by atoms with Crippen molar-refractivity contribution in [1.82, 2.24) is 15.2 Å². The number of piperidine rings is 1. The maximum absolute atomic E-state index is 12.8. The van der Waals surface area contributed by atoms with Crippen molar-refractivity contribution in [2.24, 2.45) is 5.92 Å². The Morgan fingerprint density at radius 2 is 2.00 bits per heavy atom. The number of nitrogens with zero attached hydrogens (tertiary/aromatic N) is 2. The summed E-state index contributed by atoms with van der Waals surface area (Å²) in [6.07, 6.45) is 3.52. The topological polar surface area (TPSA) is 54.5 Å². The highest BCUT2D eigenvalue weighted by Gasteiger charge is 2.25. The molecule has 2 heterocycles. The fraction of sp³-hybridized carbons (Fsp3) is 0.524. The van der Waals surface area contributed by atoms with Gasteiger partial charge in [-0.3, -0.25) is 4.79 Å². The maximum atomic E-state index is 12.8.